The molecule has 2 aliphatic heterocycles. The van der Waals surface area contributed by atoms with Gasteiger partial charge in [-0.25, -0.2) is 14.4 Å². The van der Waals surface area contributed by atoms with Gasteiger partial charge in [0.1, 0.15) is 5.75 Å². The molecule has 0 fully saturated rings. The van der Waals surface area contributed by atoms with Crippen LogP contribution in [0.15, 0.2) is 52.5 Å². The second kappa shape index (κ2) is 11.2. The molecule has 37 heavy (non-hydrogen) atoms. The molecule has 5 unspecified atom stereocenters. The van der Waals surface area contributed by atoms with E-state index in [0.29, 0.717) is 6.42 Å². The molecule has 2 heterocycles. The fraction of sp³-hybridized carbons (Fsp3) is 0.417. The number of amides is 1. The summed E-state index contributed by atoms with van der Waals surface area (Å²) in [5.74, 6) is 1.35. The third kappa shape index (κ3) is 6.38. The lowest BCUT2D eigenvalue weighted by molar-refractivity contribution is -0.148. The van der Waals surface area contributed by atoms with Crippen LogP contribution in [0.2, 0.25) is 0 Å². The van der Waals surface area contributed by atoms with Crippen LogP contribution in [0, 0.1) is 18.3 Å². The maximum absolute atomic E-state index is 13.7. The minimum Gasteiger partial charge on any atom is -0.461 e. The van der Waals surface area contributed by atoms with E-state index in [9.17, 15) is 14.2 Å². The number of guanidine groups is 1. The Morgan fingerprint density at radius 3 is 2.81 bits per heavy atom. The van der Waals surface area contributed by atoms with Crippen molar-refractivity contribution in [2.75, 3.05) is 6.61 Å². The second-order valence-corrected chi connectivity index (χ2v) is 10.6. The maximum atomic E-state index is 13.7. The van der Waals surface area contributed by atoms with E-state index in [1.54, 1.807) is 50.5 Å². The second-order valence-electron chi connectivity index (χ2n) is 8.93. The molecule has 0 radical (unpaired) electrons. The number of fused-ring (bicyclic) bond motifs is 1. The van der Waals surface area contributed by atoms with Crippen molar-refractivity contribution in [3.05, 3.63) is 42.5 Å². The lowest BCUT2D eigenvalue weighted by Gasteiger charge is -2.31. The summed E-state index contributed by atoms with van der Waals surface area (Å²) in [7, 11) is -4.11. The summed E-state index contributed by atoms with van der Waals surface area (Å²) in [6.07, 6.45) is 10.6. The number of rotatable bonds is 10. The van der Waals surface area contributed by atoms with E-state index in [1.165, 1.54) is 0 Å². The number of hydrogen-bond donors (Lipinski definition) is 3. The molecule has 0 spiro atoms. The molecule has 4 N–H and O–H groups in total. The summed E-state index contributed by atoms with van der Waals surface area (Å²) in [6, 6.07) is 6.28. The highest BCUT2D eigenvalue weighted by atomic mass is 31.2. The monoisotopic (exact) mass is 528 g/mol. The van der Waals surface area contributed by atoms with E-state index in [2.05, 4.69) is 26.3 Å². The number of terminal acetylenes is 1. The average Bonchev–Trinajstić information content (AvgIpc) is 3.48. The molecule has 0 bridgehead atoms. The number of carbonyl (C=O) groups excluding carboxylic acids is 2. The van der Waals surface area contributed by atoms with E-state index in [4.69, 9.17) is 25.9 Å². The van der Waals surface area contributed by atoms with Crippen molar-refractivity contribution in [3.8, 4) is 18.1 Å². The van der Waals surface area contributed by atoms with Crippen LogP contribution >= 0.6 is 7.75 Å². The largest absolute Gasteiger partial charge is 0.461 e. The van der Waals surface area contributed by atoms with E-state index in [0.717, 1.165) is 0 Å². The standard InChI is InChI=1S/C24H29N6O6P/c1-4-19(23(32)35-15(2)3)29-37(33,36-18-8-6-5-7-9-18)34-13-16-10-11-17(12-16)30-14-26-20-21(30)27-24(25)28-22(20)31/h1,5-11,14-17,19-21H,12-13H2,2-3H3,(H,29,33)(H3,25,27,28,31)/t16?,17?,19-,20?,21?,37?/m0/s1. The molecule has 1 aromatic rings. The minimum absolute atomic E-state index is 0.00556. The van der Waals surface area contributed by atoms with Crippen LogP contribution < -0.4 is 20.7 Å². The van der Waals surface area contributed by atoms with Crippen molar-refractivity contribution < 1.29 is 27.9 Å². The zero-order chi connectivity index (χ0) is 26.6. The van der Waals surface area contributed by atoms with Crippen LogP contribution in [0.1, 0.15) is 20.3 Å². The maximum Gasteiger partial charge on any atom is 0.460 e. The van der Waals surface area contributed by atoms with Crippen molar-refractivity contribution in [2.24, 2.45) is 21.6 Å². The zero-order valence-corrected chi connectivity index (χ0v) is 21.3. The summed E-state index contributed by atoms with van der Waals surface area (Å²) in [6.45, 7) is 3.36. The van der Waals surface area contributed by atoms with Gasteiger partial charge >= 0.3 is 13.7 Å². The Morgan fingerprint density at radius 1 is 1.35 bits per heavy atom. The van der Waals surface area contributed by atoms with Crippen molar-refractivity contribution in [1.29, 1.82) is 0 Å². The molecular weight excluding hydrogens is 499 g/mol. The Bertz CT molecular complexity index is 1200. The van der Waals surface area contributed by atoms with E-state index in [-0.39, 0.29) is 36.2 Å². The predicted octanol–water partition coefficient (Wildman–Crippen LogP) is 1.16. The summed E-state index contributed by atoms with van der Waals surface area (Å²) < 4.78 is 30.3. The topological polar surface area (TPSA) is 157 Å². The van der Waals surface area contributed by atoms with Crippen molar-refractivity contribution in [3.63, 3.8) is 0 Å². The van der Waals surface area contributed by atoms with Gasteiger partial charge in [-0.1, -0.05) is 36.3 Å². The van der Waals surface area contributed by atoms with Gasteiger partial charge < -0.3 is 19.9 Å². The van der Waals surface area contributed by atoms with E-state index in [1.807, 2.05) is 17.1 Å². The Kier molecular flexibility index (Phi) is 7.97. The highest BCUT2D eigenvalue weighted by molar-refractivity contribution is 7.52. The number of aliphatic imine (C=N–C) groups is 2. The molecule has 1 amide bonds. The first-order valence-corrected chi connectivity index (χ1v) is 13.3. The van der Waals surface area contributed by atoms with Gasteiger partial charge in [0.2, 0.25) is 0 Å². The lowest BCUT2D eigenvalue weighted by atomic mass is 10.1. The molecule has 4 rings (SSSR count). The first-order valence-electron chi connectivity index (χ1n) is 11.7. The van der Waals surface area contributed by atoms with Crippen LogP contribution in [0.4, 0.5) is 0 Å². The van der Waals surface area contributed by atoms with E-state index >= 15 is 0 Å². The first-order chi connectivity index (χ1) is 17.7. The van der Waals surface area contributed by atoms with Crippen LogP contribution in [-0.2, 0) is 23.4 Å². The Labute approximate surface area is 214 Å². The van der Waals surface area contributed by atoms with Gasteiger partial charge in [-0.3, -0.25) is 19.6 Å². The molecule has 0 aromatic heterocycles. The summed E-state index contributed by atoms with van der Waals surface area (Å²) in [5, 5.41) is 5.02. The first kappa shape index (κ1) is 26.4. The number of carbonyl (C=O) groups is 2. The highest BCUT2D eigenvalue weighted by Crippen LogP contribution is 2.46. The SMILES string of the molecule is C#C[C@H](NP(=O)(OCC1C=CC(N2C=NC3C(=O)NC(N)=NC32)C1)Oc1ccccc1)C(=O)OC(C)C. The molecular formula is C24H29N6O6P. The van der Waals surface area contributed by atoms with Gasteiger partial charge in [0.25, 0.3) is 5.91 Å². The average molecular weight is 529 g/mol. The summed E-state index contributed by atoms with van der Waals surface area (Å²) >= 11 is 0. The number of esters is 1. The fourth-order valence-corrected chi connectivity index (χ4v) is 5.54. The molecule has 1 aromatic carbocycles. The van der Waals surface area contributed by atoms with E-state index < -0.39 is 38.1 Å². The van der Waals surface area contributed by atoms with Gasteiger partial charge in [0, 0.05) is 5.92 Å². The molecule has 6 atom stereocenters. The minimum atomic E-state index is -4.11. The predicted molar refractivity (Wildman–Crippen MR) is 136 cm³/mol. The Balaban J connectivity index is 1.42. The van der Waals surface area contributed by atoms with Crippen molar-refractivity contribution >= 4 is 31.9 Å². The van der Waals surface area contributed by atoms with Crippen LogP contribution in [-0.4, -0.2) is 66.1 Å². The number of ether oxygens (including phenoxy) is 1. The molecule has 3 aliphatic rings. The fourth-order valence-electron chi connectivity index (χ4n) is 4.07. The number of nitrogens with one attached hydrogen (secondary N) is 2. The molecule has 12 nitrogen and oxygen atoms in total. The van der Waals surface area contributed by atoms with Crippen LogP contribution in [0.5, 0.6) is 5.75 Å². The number of nitrogens with two attached hydrogens (primary N) is 1. The van der Waals surface area contributed by atoms with Crippen molar-refractivity contribution in [2.45, 2.75) is 50.7 Å². The molecule has 1 aliphatic carbocycles. The van der Waals surface area contributed by atoms with Crippen LogP contribution in [0.3, 0.4) is 0 Å². The smallest absolute Gasteiger partial charge is 0.460 e. The third-order valence-corrected chi connectivity index (χ3v) is 7.26. The molecule has 196 valence electrons. The Hall–Kier alpha value is -3.65. The van der Waals surface area contributed by atoms with Gasteiger partial charge in [-0.15, -0.1) is 6.42 Å². The quantitative estimate of drug-likeness (QED) is 0.175. The number of hydrogen-bond acceptors (Lipinski definition) is 10. The number of benzene rings is 1. The molecule has 0 saturated heterocycles. The van der Waals surface area contributed by atoms with Gasteiger partial charge in [-0.2, -0.15) is 5.09 Å². The van der Waals surface area contributed by atoms with Crippen molar-refractivity contribution in [1.82, 2.24) is 15.3 Å². The van der Waals surface area contributed by atoms with Gasteiger partial charge in [0.15, 0.2) is 24.2 Å². The number of nitrogens with zero attached hydrogens (tertiary/aromatic N) is 3. The Morgan fingerprint density at radius 2 is 2.11 bits per heavy atom. The van der Waals surface area contributed by atoms with Crippen LogP contribution in [0.25, 0.3) is 0 Å². The normalized spacial score (nSPS) is 26.6. The third-order valence-electron chi connectivity index (χ3n) is 5.74. The molecule has 13 heteroatoms. The molecule has 0 saturated carbocycles. The summed E-state index contributed by atoms with van der Waals surface area (Å²) in [5.41, 5.74) is 5.73. The number of para-hydroxylation sites is 1. The zero-order valence-electron chi connectivity index (χ0n) is 20.4. The lowest BCUT2D eigenvalue weighted by Crippen LogP contribution is -2.55. The van der Waals surface area contributed by atoms with Gasteiger partial charge in [-0.05, 0) is 32.4 Å². The van der Waals surface area contributed by atoms with Gasteiger partial charge in [0.05, 0.1) is 25.1 Å². The highest BCUT2D eigenvalue weighted by Gasteiger charge is 2.43. The summed E-state index contributed by atoms with van der Waals surface area (Å²) in [4.78, 5) is 35.0.